The van der Waals surface area contributed by atoms with Crippen LogP contribution >= 0.6 is 0 Å². The molecule has 0 aliphatic heterocycles. The number of hydrogen-bond acceptors (Lipinski definition) is 2. The average Bonchev–Trinajstić information content (AvgIpc) is 2.38. The van der Waals surface area contributed by atoms with Crippen LogP contribution in [0.3, 0.4) is 0 Å². The molecule has 0 aliphatic rings. The first-order chi connectivity index (χ1) is 7.92. The molecule has 0 saturated heterocycles. The predicted octanol–water partition coefficient (Wildman–Crippen LogP) is 2.40. The highest BCUT2D eigenvalue weighted by molar-refractivity contribution is 6.12. The average molecular weight is 197 g/mol. The van der Waals surface area contributed by atoms with Gasteiger partial charge in [0.25, 0.3) is 0 Å². The van der Waals surface area contributed by atoms with Crippen LogP contribution in [0.25, 0.3) is 0 Å². The number of rotatable bonds is 3. The van der Waals surface area contributed by atoms with E-state index in [9.17, 15) is 0 Å². The van der Waals surface area contributed by atoms with Crippen molar-refractivity contribution >= 4 is 5.71 Å². The van der Waals surface area contributed by atoms with Crippen LogP contribution in [0.1, 0.15) is 11.1 Å². The Kier molecular flexibility index (Phi) is 2.43. The third-order valence-corrected chi connectivity index (χ3v) is 2.21. The Balaban J connectivity index is 2.44. The molecule has 0 aliphatic carbocycles. The second-order valence-electron chi connectivity index (χ2n) is 3.19. The minimum Gasteiger partial charge on any atom is -0.323 e. The molecular formula is C13H12N2. The van der Waals surface area contributed by atoms with Gasteiger partial charge in [-0.1, -0.05) is 60.7 Å². The lowest BCUT2D eigenvalue weighted by Crippen LogP contribution is -2.05. The van der Waals surface area contributed by atoms with E-state index >= 15 is 0 Å². The Hall–Kier alpha value is -2.09. The molecule has 2 nitrogen and oxygen atoms in total. The standard InChI is InChI=1S/C13H12N2/c14-15-13(11-7-3-1-4-8-11)12-9-5-2-6-10-12/h1-10H,14H2/i/hD. The molecule has 2 heteroatoms. The zero-order valence-corrected chi connectivity index (χ0v) is 8.22. The molecule has 0 unspecified atom stereocenters. The molecule has 2 aromatic rings. The lowest BCUT2D eigenvalue weighted by Gasteiger charge is -2.04. The fourth-order valence-electron chi connectivity index (χ4n) is 1.49. The van der Waals surface area contributed by atoms with E-state index < -0.39 is 0 Å². The molecule has 15 heavy (non-hydrogen) atoms. The van der Waals surface area contributed by atoms with Crippen LogP contribution in [0.4, 0.5) is 0 Å². The van der Waals surface area contributed by atoms with Gasteiger partial charge in [0.2, 0.25) is 0 Å². The molecule has 0 amide bonds. The van der Waals surface area contributed by atoms with E-state index in [1.807, 2.05) is 60.7 Å². The Labute approximate surface area is 90.5 Å². The molecule has 0 fully saturated rings. The highest BCUT2D eigenvalue weighted by Crippen LogP contribution is 2.09. The minimum atomic E-state index is 0.774. The summed E-state index contributed by atoms with van der Waals surface area (Å²) >= 11 is 0. The third kappa shape index (κ3) is 2.05. The molecule has 0 heterocycles. The Morgan fingerprint density at radius 3 is 1.73 bits per heavy atom. The van der Waals surface area contributed by atoms with Gasteiger partial charge in [-0.3, -0.25) is 0 Å². The maximum atomic E-state index is 6.99. The van der Waals surface area contributed by atoms with E-state index in [4.69, 9.17) is 1.41 Å². The largest absolute Gasteiger partial charge is 0.323 e. The quantitative estimate of drug-likeness (QED) is 0.458. The van der Waals surface area contributed by atoms with Gasteiger partial charge in [-0.25, -0.2) is 0 Å². The zero-order chi connectivity index (χ0) is 11.2. The van der Waals surface area contributed by atoms with E-state index in [-0.39, 0.29) is 0 Å². The fraction of sp³-hybridized carbons (Fsp3) is 0. The molecule has 0 atom stereocenters. The van der Waals surface area contributed by atoms with Crippen molar-refractivity contribution in [2.45, 2.75) is 0 Å². The van der Waals surface area contributed by atoms with Crippen LogP contribution < -0.4 is 5.84 Å². The van der Waals surface area contributed by atoms with Gasteiger partial charge in [-0.2, -0.15) is 5.10 Å². The van der Waals surface area contributed by atoms with Gasteiger partial charge < -0.3 is 5.84 Å². The van der Waals surface area contributed by atoms with Gasteiger partial charge in [0.1, 0.15) is 0 Å². The van der Waals surface area contributed by atoms with Gasteiger partial charge in [0.05, 0.1) is 5.71 Å². The molecule has 2 rings (SSSR count). The zero-order valence-electron chi connectivity index (χ0n) is 9.22. The molecule has 0 saturated carbocycles. The van der Waals surface area contributed by atoms with E-state index in [1.54, 1.807) is 0 Å². The predicted molar refractivity (Wildman–Crippen MR) is 62.7 cm³/mol. The maximum absolute atomic E-state index is 6.99. The summed E-state index contributed by atoms with van der Waals surface area (Å²) < 4.78 is 6.99. The van der Waals surface area contributed by atoms with Crippen molar-refractivity contribution in [1.29, 1.82) is 0 Å². The smallest absolute Gasteiger partial charge is 0.179 e. The van der Waals surface area contributed by atoms with E-state index in [0.717, 1.165) is 16.8 Å². The van der Waals surface area contributed by atoms with Crippen molar-refractivity contribution in [2.75, 3.05) is 0 Å². The highest BCUT2D eigenvalue weighted by Gasteiger charge is 2.04. The minimum absolute atomic E-state index is 0.774. The van der Waals surface area contributed by atoms with Crippen molar-refractivity contribution in [1.82, 2.24) is 0 Å². The molecule has 0 aromatic heterocycles. The van der Waals surface area contributed by atoms with Gasteiger partial charge in [0, 0.05) is 11.1 Å². The Bertz CT molecular complexity index is 424. The highest BCUT2D eigenvalue weighted by atomic mass is 15.1. The van der Waals surface area contributed by atoms with Crippen molar-refractivity contribution < 1.29 is 1.41 Å². The van der Waals surface area contributed by atoms with Crippen LogP contribution in [0.15, 0.2) is 65.8 Å². The summed E-state index contributed by atoms with van der Waals surface area (Å²) in [5, 5.41) is 4.00. The summed E-state index contributed by atoms with van der Waals surface area (Å²) in [4.78, 5) is 0. The van der Waals surface area contributed by atoms with E-state index in [1.165, 1.54) is 0 Å². The Morgan fingerprint density at radius 2 is 1.33 bits per heavy atom. The number of hydrazone groups is 1. The number of hydrogen-bond donors (Lipinski definition) is 1. The van der Waals surface area contributed by atoms with Crippen LogP contribution in [-0.4, -0.2) is 5.71 Å². The number of nitrogens with two attached hydrogens (primary N) is 1. The van der Waals surface area contributed by atoms with E-state index in [0.29, 0.717) is 0 Å². The summed E-state index contributed by atoms with van der Waals surface area (Å²) in [6.45, 7) is 0. The van der Waals surface area contributed by atoms with Crippen molar-refractivity contribution in [2.24, 2.45) is 10.9 Å². The lowest BCUT2D eigenvalue weighted by molar-refractivity contribution is 1.24. The molecular weight excluding hydrogens is 184 g/mol. The monoisotopic (exact) mass is 197 g/mol. The first-order valence-corrected chi connectivity index (χ1v) is 4.77. The van der Waals surface area contributed by atoms with Gasteiger partial charge >= 0.3 is 0 Å². The molecule has 2 aromatic carbocycles. The summed E-state index contributed by atoms with van der Waals surface area (Å²) in [6.07, 6.45) is 0. The Morgan fingerprint density at radius 1 is 0.867 bits per heavy atom. The van der Waals surface area contributed by atoms with Crippen molar-refractivity contribution in [3.8, 4) is 0 Å². The molecule has 0 spiro atoms. The van der Waals surface area contributed by atoms with Crippen LogP contribution in [0, 0.1) is 0 Å². The summed E-state index contributed by atoms with van der Waals surface area (Å²) in [6, 6.07) is 19.6. The normalized spacial score (nSPS) is 10.3. The maximum Gasteiger partial charge on any atom is 0.179 e. The van der Waals surface area contributed by atoms with Gasteiger partial charge in [-0.15, -0.1) is 0 Å². The molecule has 74 valence electrons. The first-order valence-electron chi connectivity index (χ1n) is 5.27. The van der Waals surface area contributed by atoms with Crippen molar-refractivity contribution in [3.63, 3.8) is 0 Å². The SMILES string of the molecule is [2H]NN=C(c1ccccc1)c1ccccc1. The summed E-state index contributed by atoms with van der Waals surface area (Å²) in [5.74, 6) is 2.10. The molecule has 2 N–H and O–H groups in total. The van der Waals surface area contributed by atoms with Crippen LogP contribution in [0.2, 0.25) is 1.41 Å². The summed E-state index contributed by atoms with van der Waals surface area (Å²) in [5.41, 5.74) is 2.76. The van der Waals surface area contributed by atoms with Gasteiger partial charge in [-0.05, 0) is 0 Å². The second-order valence-corrected chi connectivity index (χ2v) is 3.19. The topological polar surface area (TPSA) is 38.4 Å². The van der Waals surface area contributed by atoms with E-state index in [2.05, 4.69) is 10.9 Å². The van der Waals surface area contributed by atoms with Crippen LogP contribution in [-0.2, 0) is 0 Å². The fourth-order valence-corrected chi connectivity index (χ4v) is 1.49. The van der Waals surface area contributed by atoms with Crippen molar-refractivity contribution in [3.05, 3.63) is 71.8 Å². The first kappa shape index (κ1) is 8.24. The second kappa shape index (κ2) is 4.42. The number of benzene rings is 2. The summed E-state index contributed by atoms with van der Waals surface area (Å²) in [7, 11) is 0. The lowest BCUT2D eigenvalue weighted by atomic mass is 10.0. The molecule has 0 radical (unpaired) electrons. The van der Waals surface area contributed by atoms with Gasteiger partial charge in [0.15, 0.2) is 1.41 Å². The third-order valence-electron chi connectivity index (χ3n) is 2.21. The molecule has 0 bridgehead atoms. The van der Waals surface area contributed by atoms with Crippen LogP contribution in [0.5, 0.6) is 0 Å². The number of nitrogens with zero attached hydrogens (tertiary/aromatic N) is 1.